The van der Waals surface area contributed by atoms with Crippen LogP contribution in [0.4, 0.5) is 0 Å². The van der Waals surface area contributed by atoms with Gasteiger partial charge >= 0.3 is 7.82 Å². The molecule has 0 fully saturated rings. The number of phosphoric ester groups is 1. The van der Waals surface area contributed by atoms with E-state index in [1.807, 2.05) is 25.1 Å². The fourth-order valence-corrected chi connectivity index (χ4v) is 5.35. The number of amides is 4. The lowest BCUT2D eigenvalue weighted by Crippen LogP contribution is -2.51. The Bertz CT molecular complexity index is 1500. The van der Waals surface area contributed by atoms with Gasteiger partial charge in [-0.2, -0.15) is 0 Å². The van der Waals surface area contributed by atoms with E-state index in [4.69, 9.17) is 13.8 Å². The highest BCUT2D eigenvalue weighted by Crippen LogP contribution is 2.42. The molecule has 2 unspecified atom stereocenters. The number of aromatic amines is 1. The van der Waals surface area contributed by atoms with Gasteiger partial charge in [-0.15, -0.1) is 0 Å². The third kappa shape index (κ3) is 15.5. The number of fused-ring (bicyclic) bond motifs is 1. The van der Waals surface area contributed by atoms with Crippen LogP contribution >= 0.6 is 7.82 Å². The molecular weight excluding hydrogens is 693 g/mol. The van der Waals surface area contributed by atoms with E-state index in [0.717, 1.165) is 36.2 Å². The van der Waals surface area contributed by atoms with Crippen molar-refractivity contribution < 1.29 is 61.5 Å². The Morgan fingerprint density at radius 2 is 1.76 bits per heavy atom. The molecule has 5 atom stereocenters. The molecule has 1 aromatic carbocycles. The van der Waals surface area contributed by atoms with E-state index < -0.39 is 56.9 Å². The van der Waals surface area contributed by atoms with Crippen LogP contribution in [0.2, 0.25) is 0 Å². The summed E-state index contributed by atoms with van der Waals surface area (Å²) in [6.07, 6.45) is 3.21. The molecule has 0 aliphatic heterocycles. The van der Waals surface area contributed by atoms with E-state index in [9.17, 15) is 38.2 Å². The fraction of sp³-hybridized carbons (Fsp3) is 0.562. The number of hydrogen-bond donors (Lipinski definition) is 6. The predicted octanol–water partition coefficient (Wildman–Crippen LogP) is 1.01. The molecule has 51 heavy (non-hydrogen) atoms. The standard InChI is InChI=1S/C32H48N5O13P/c1-5-7-11-47-24-8-9-27-26(14-24)23(15-34-27)13-29(41)37-30(21(3)6-2)32(43)33-10-12-49-51(44,45)50-18-28(36-22(4)40)31(42)35-16-25(48-20-39)17-46-19-38/h8-9,14-15,19-21,25,28,30,34H,5-7,10-13,16-18H2,1-4H3,(H,33,43)(H,35,42)(H,36,40)(H,37,41)(H,44,45)/t21-,25?,28+,30-/m0/s1. The Morgan fingerprint density at radius 1 is 1.00 bits per heavy atom. The summed E-state index contributed by atoms with van der Waals surface area (Å²) in [5.41, 5.74) is 1.57. The first-order chi connectivity index (χ1) is 24.3. The largest absolute Gasteiger partial charge is 0.494 e. The molecule has 1 heterocycles. The van der Waals surface area contributed by atoms with E-state index in [0.29, 0.717) is 18.8 Å². The molecule has 6 N–H and O–H groups in total. The zero-order valence-corrected chi connectivity index (χ0v) is 30.0. The molecule has 2 aromatic rings. The number of H-pyrrole nitrogens is 1. The summed E-state index contributed by atoms with van der Waals surface area (Å²) in [4.78, 5) is 84.7. The van der Waals surface area contributed by atoms with E-state index in [1.54, 1.807) is 13.1 Å². The van der Waals surface area contributed by atoms with Crippen molar-refractivity contribution >= 4 is 55.3 Å². The molecule has 0 radical (unpaired) electrons. The van der Waals surface area contributed by atoms with Crippen molar-refractivity contribution in [2.75, 3.05) is 39.5 Å². The first-order valence-electron chi connectivity index (χ1n) is 16.4. The molecule has 4 amide bonds. The van der Waals surface area contributed by atoms with Gasteiger partial charge in [0.05, 0.1) is 32.8 Å². The molecule has 0 saturated heterocycles. The second kappa shape index (κ2) is 22.3. The first kappa shape index (κ1) is 42.7. The van der Waals surface area contributed by atoms with Crippen LogP contribution < -0.4 is 26.0 Å². The first-order valence-corrected chi connectivity index (χ1v) is 17.9. The van der Waals surface area contributed by atoms with Gasteiger partial charge in [-0.1, -0.05) is 33.6 Å². The number of unbranched alkanes of at least 4 members (excludes halogenated alkanes) is 1. The topological polar surface area (TPSA) is 250 Å². The maximum absolute atomic E-state index is 13.1. The second-order valence-electron chi connectivity index (χ2n) is 11.5. The van der Waals surface area contributed by atoms with Crippen LogP contribution in [0.15, 0.2) is 24.4 Å². The van der Waals surface area contributed by atoms with Crippen LogP contribution in [0.3, 0.4) is 0 Å². The number of carbonyl (C=O) groups excluding carboxylic acids is 6. The Kier molecular flexibility index (Phi) is 18.7. The molecule has 0 saturated carbocycles. The number of ether oxygens (including phenoxy) is 3. The quantitative estimate of drug-likeness (QED) is 0.0448. The number of benzene rings is 1. The van der Waals surface area contributed by atoms with Crippen LogP contribution in [0.1, 0.15) is 52.5 Å². The van der Waals surface area contributed by atoms with Gasteiger partial charge < -0.3 is 45.4 Å². The lowest BCUT2D eigenvalue weighted by molar-refractivity contribution is -0.143. The third-order valence-corrected chi connectivity index (χ3v) is 8.51. The maximum atomic E-state index is 13.1. The molecule has 0 aliphatic rings. The second-order valence-corrected chi connectivity index (χ2v) is 13.0. The molecule has 284 valence electrons. The minimum Gasteiger partial charge on any atom is -0.494 e. The Hall–Kier alpha value is -4.51. The summed E-state index contributed by atoms with van der Waals surface area (Å²) in [5.74, 6) is -1.99. The summed E-state index contributed by atoms with van der Waals surface area (Å²) in [7, 11) is -4.78. The summed E-state index contributed by atoms with van der Waals surface area (Å²) in [6, 6.07) is 3.25. The van der Waals surface area contributed by atoms with Crippen molar-refractivity contribution in [3.05, 3.63) is 30.0 Å². The number of nitrogens with one attached hydrogen (secondary N) is 5. The van der Waals surface area contributed by atoms with Gasteiger partial charge in [0.1, 0.15) is 24.4 Å². The van der Waals surface area contributed by atoms with Crippen molar-refractivity contribution in [3.8, 4) is 5.75 Å². The lowest BCUT2D eigenvalue weighted by atomic mass is 9.98. The Labute approximate surface area is 295 Å². The average molecular weight is 742 g/mol. The Morgan fingerprint density at radius 3 is 2.43 bits per heavy atom. The summed E-state index contributed by atoms with van der Waals surface area (Å²) in [6.45, 7) is 5.49. The van der Waals surface area contributed by atoms with Crippen LogP contribution in [-0.4, -0.2) is 104 Å². The number of rotatable bonds is 26. The highest BCUT2D eigenvalue weighted by atomic mass is 31.2. The zero-order chi connectivity index (χ0) is 37.8. The van der Waals surface area contributed by atoms with Crippen LogP contribution in [0.5, 0.6) is 5.75 Å². The van der Waals surface area contributed by atoms with Crippen molar-refractivity contribution in [3.63, 3.8) is 0 Å². The highest BCUT2D eigenvalue weighted by Gasteiger charge is 2.29. The molecule has 0 spiro atoms. The summed E-state index contributed by atoms with van der Waals surface area (Å²) >= 11 is 0. The van der Waals surface area contributed by atoms with Gasteiger partial charge in [0.25, 0.3) is 12.9 Å². The third-order valence-electron chi connectivity index (χ3n) is 7.52. The molecule has 18 nitrogen and oxygen atoms in total. The molecular formula is C32H48N5O13P. The van der Waals surface area contributed by atoms with Gasteiger partial charge in [0.15, 0.2) is 6.10 Å². The van der Waals surface area contributed by atoms with E-state index in [-0.39, 0.29) is 50.9 Å². The molecule has 19 heteroatoms. The normalized spacial score (nSPS) is 14.5. The van der Waals surface area contributed by atoms with Gasteiger partial charge in [0.2, 0.25) is 23.6 Å². The van der Waals surface area contributed by atoms with E-state index >= 15 is 0 Å². The van der Waals surface area contributed by atoms with Gasteiger partial charge in [-0.3, -0.25) is 37.8 Å². The number of phosphoric acid groups is 1. The monoisotopic (exact) mass is 741 g/mol. The van der Waals surface area contributed by atoms with Gasteiger partial charge in [0, 0.05) is 30.6 Å². The minimum atomic E-state index is -4.78. The fourth-order valence-electron chi connectivity index (χ4n) is 4.62. The number of hydrogen-bond acceptors (Lipinski definition) is 12. The van der Waals surface area contributed by atoms with Gasteiger partial charge in [-0.25, -0.2) is 4.57 Å². The zero-order valence-electron chi connectivity index (χ0n) is 29.1. The summed E-state index contributed by atoms with van der Waals surface area (Å²) in [5, 5.41) is 10.8. The van der Waals surface area contributed by atoms with E-state index in [1.165, 1.54) is 0 Å². The SMILES string of the molecule is CCCCOc1ccc2[nH]cc(CC(=O)N[C@H](C(=O)NCCOP(=O)(O)OC[C@@H](NC(C)=O)C(=O)NCC(COC=O)OC=O)[C@@H](C)CC)c2c1. The van der Waals surface area contributed by atoms with Crippen molar-refractivity contribution in [1.29, 1.82) is 0 Å². The van der Waals surface area contributed by atoms with Gasteiger partial charge in [-0.05, 0) is 36.1 Å². The van der Waals surface area contributed by atoms with Crippen molar-refractivity contribution in [1.82, 2.24) is 26.3 Å². The maximum Gasteiger partial charge on any atom is 0.472 e. The molecule has 0 aliphatic carbocycles. The molecule has 2 rings (SSSR count). The minimum absolute atomic E-state index is 0.00591. The van der Waals surface area contributed by atoms with Crippen LogP contribution in [0.25, 0.3) is 10.9 Å². The van der Waals surface area contributed by atoms with Crippen molar-refractivity contribution in [2.45, 2.75) is 71.6 Å². The van der Waals surface area contributed by atoms with Crippen LogP contribution in [-0.2, 0) is 58.3 Å². The average Bonchev–Trinajstić information content (AvgIpc) is 3.49. The predicted molar refractivity (Wildman–Crippen MR) is 182 cm³/mol. The van der Waals surface area contributed by atoms with Crippen LogP contribution in [0, 0.1) is 5.92 Å². The molecule has 0 bridgehead atoms. The lowest BCUT2D eigenvalue weighted by Gasteiger charge is -2.24. The smallest absolute Gasteiger partial charge is 0.472 e. The molecule has 1 aromatic heterocycles. The summed E-state index contributed by atoms with van der Waals surface area (Å²) < 4.78 is 37.3. The van der Waals surface area contributed by atoms with Crippen molar-refractivity contribution in [2.24, 2.45) is 5.92 Å². The Balaban J connectivity index is 1.90. The number of carbonyl (C=O) groups is 6. The number of aromatic nitrogens is 1. The highest BCUT2D eigenvalue weighted by molar-refractivity contribution is 7.47. The van der Waals surface area contributed by atoms with E-state index in [2.05, 4.69) is 42.6 Å².